The highest BCUT2D eigenvalue weighted by molar-refractivity contribution is 7.85. The molecule has 0 spiro atoms. The summed E-state index contributed by atoms with van der Waals surface area (Å²) in [5, 5.41) is 9.73. The van der Waals surface area contributed by atoms with Crippen molar-refractivity contribution in [3.05, 3.63) is 376 Å². The van der Waals surface area contributed by atoms with Crippen LogP contribution in [0.25, 0.3) is 55.0 Å². The Balaban J connectivity index is 0.000000153. The monoisotopic (exact) mass is 1220 g/mol. The van der Waals surface area contributed by atoms with Crippen LogP contribution in [0.2, 0.25) is 0 Å². The lowest BCUT2D eigenvalue weighted by Gasteiger charge is -2.27. The van der Waals surface area contributed by atoms with Crippen molar-refractivity contribution in [3.63, 3.8) is 0 Å². The number of rotatable bonds is 14. The van der Waals surface area contributed by atoms with Gasteiger partial charge in [-0.1, -0.05) is 206 Å². The molecule has 0 atom stereocenters. The molecule has 16 rings (SSSR count). The zero-order chi connectivity index (χ0) is 61.9. The first-order valence-corrected chi connectivity index (χ1v) is 34.4. The van der Waals surface area contributed by atoms with Gasteiger partial charge in [0.2, 0.25) is 0 Å². The molecule has 0 radical (unpaired) electrons. The van der Waals surface area contributed by atoms with E-state index >= 15 is 9.13 Å². The third-order valence-corrected chi connectivity index (χ3v) is 23.5. The molecule has 2 heterocycles. The summed E-state index contributed by atoms with van der Waals surface area (Å²) >= 11 is 0. The predicted octanol–water partition coefficient (Wildman–Crippen LogP) is 19.8. The molecule has 92 heavy (non-hydrogen) atoms. The van der Waals surface area contributed by atoms with Crippen molar-refractivity contribution in [1.29, 1.82) is 0 Å². The van der Waals surface area contributed by atoms with Crippen LogP contribution in [0.4, 0.5) is 34.1 Å². The molecular weight excluding hydrogens is 1160 g/mol. The van der Waals surface area contributed by atoms with Gasteiger partial charge in [-0.05, 0) is 170 Å². The summed E-state index contributed by atoms with van der Waals surface area (Å²) in [5.41, 5.74) is 12.9. The van der Waals surface area contributed by atoms with E-state index in [0.717, 1.165) is 99.4 Å². The van der Waals surface area contributed by atoms with Crippen LogP contribution in [-0.4, -0.2) is 9.13 Å². The number of aromatic nitrogens is 2. The molecule has 440 valence electrons. The fourth-order valence-corrected chi connectivity index (χ4v) is 18.3. The van der Waals surface area contributed by atoms with Gasteiger partial charge in [-0.15, -0.1) is 0 Å². The summed E-state index contributed by atoms with van der Waals surface area (Å²) in [7, 11) is -6.38. The third-order valence-electron chi connectivity index (χ3n) is 17.3. The molecule has 0 unspecified atom stereocenters. The quantitative estimate of drug-likeness (QED) is 0.102. The second-order valence-corrected chi connectivity index (χ2v) is 28.2. The Morgan fingerprint density at radius 2 is 0.370 bits per heavy atom. The summed E-state index contributed by atoms with van der Waals surface area (Å²) in [6.45, 7) is 0. The minimum absolute atomic E-state index is 0.791. The minimum Gasteiger partial charge on any atom is -0.311 e. The highest BCUT2D eigenvalue weighted by atomic mass is 31.2. The first-order valence-electron chi connectivity index (χ1n) is 30.9. The number of hydrogen-bond donors (Lipinski definition) is 0. The zero-order valence-electron chi connectivity index (χ0n) is 50.3. The third kappa shape index (κ3) is 10.5. The van der Waals surface area contributed by atoms with Crippen molar-refractivity contribution in [2.45, 2.75) is 0 Å². The van der Waals surface area contributed by atoms with Gasteiger partial charge in [0.05, 0.1) is 22.1 Å². The maximum Gasteiger partial charge on any atom is 0.171 e. The van der Waals surface area contributed by atoms with Gasteiger partial charge >= 0.3 is 0 Å². The van der Waals surface area contributed by atoms with E-state index in [4.69, 9.17) is 0 Å². The lowest BCUT2D eigenvalue weighted by molar-refractivity contribution is 0.591. The average molecular weight is 1220 g/mol. The molecule has 2 aromatic heterocycles. The molecule has 0 aliphatic rings. The van der Waals surface area contributed by atoms with Crippen LogP contribution in [0, 0.1) is 0 Å². The predicted molar refractivity (Wildman–Crippen MR) is 390 cm³/mol. The van der Waals surface area contributed by atoms with E-state index in [-0.39, 0.29) is 0 Å². The Kier molecular flexibility index (Phi) is 15.5. The van der Waals surface area contributed by atoms with Gasteiger partial charge in [0.25, 0.3) is 0 Å². The van der Waals surface area contributed by atoms with Gasteiger partial charge in [0, 0.05) is 98.9 Å². The number of nitrogens with zero attached hydrogens (tertiary/aromatic N) is 4. The molecular formula is C84H62N4O2P2. The van der Waals surface area contributed by atoms with Crippen molar-refractivity contribution in [2.24, 2.45) is 0 Å². The van der Waals surface area contributed by atoms with Crippen LogP contribution in [-0.2, 0) is 9.13 Å². The van der Waals surface area contributed by atoms with Crippen LogP contribution < -0.4 is 41.6 Å². The van der Waals surface area contributed by atoms with E-state index in [1.807, 2.05) is 182 Å². The van der Waals surface area contributed by atoms with Crippen LogP contribution in [0.15, 0.2) is 376 Å². The lowest BCUT2D eigenvalue weighted by atomic mass is 10.2. The van der Waals surface area contributed by atoms with Gasteiger partial charge in [-0.2, -0.15) is 0 Å². The van der Waals surface area contributed by atoms with E-state index < -0.39 is 14.3 Å². The van der Waals surface area contributed by atoms with E-state index in [1.54, 1.807) is 0 Å². The standard InChI is InChI=1S/C42H29N2OP.C42H33N2OP/c45-46(32-12-2-1-3-13-32,33-26-22-30(23-27-33)43-39-18-8-4-14-35(39)36-15-5-9-19-40(36)43)34-28-24-31(25-29-34)44-41-20-10-6-16-37(41)38-17-7-11-21-42(38)44;45-46(40-24-14-5-15-25-40,41-30-26-38(27-31-41)43(34-16-6-1-7-17-34)35-18-8-2-9-19-35)42-32-28-39(29-33-42)44(36-20-10-3-11-21-36)37-22-12-4-13-23-37/h1-29H;1-33H. The van der Waals surface area contributed by atoms with Crippen LogP contribution >= 0.6 is 14.3 Å². The molecule has 0 fully saturated rings. The summed E-state index contributed by atoms with van der Waals surface area (Å²) < 4.78 is 35.5. The summed E-state index contributed by atoms with van der Waals surface area (Å²) in [6.07, 6.45) is 0. The van der Waals surface area contributed by atoms with E-state index in [2.05, 4.69) is 213 Å². The van der Waals surface area contributed by atoms with E-state index in [1.165, 1.54) is 21.5 Å². The fraction of sp³-hybridized carbons (Fsp3) is 0. The summed E-state index contributed by atoms with van der Waals surface area (Å²) in [5.74, 6) is 0. The van der Waals surface area contributed by atoms with E-state index in [9.17, 15) is 0 Å². The molecule has 0 saturated carbocycles. The van der Waals surface area contributed by atoms with Crippen LogP contribution in [0.3, 0.4) is 0 Å². The van der Waals surface area contributed by atoms with Crippen molar-refractivity contribution in [2.75, 3.05) is 9.80 Å². The fourth-order valence-electron chi connectivity index (χ4n) is 13.0. The lowest BCUT2D eigenvalue weighted by Crippen LogP contribution is -2.25. The van der Waals surface area contributed by atoms with Gasteiger partial charge in [0.15, 0.2) is 14.3 Å². The molecule has 14 aromatic carbocycles. The second-order valence-electron chi connectivity index (χ2n) is 22.7. The minimum atomic E-state index is -3.20. The van der Waals surface area contributed by atoms with Crippen molar-refractivity contribution in [1.82, 2.24) is 9.13 Å². The molecule has 0 aliphatic carbocycles. The summed E-state index contributed by atoms with van der Waals surface area (Å²) in [4.78, 5) is 4.43. The largest absolute Gasteiger partial charge is 0.311 e. The Hall–Kier alpha value is -11.3. The molecule has 16 aromatic rings. The normalized spacial score (nSPS) is 11.6. The molecule has 0 aliphatic heterocycles. The first kappa shape index (κ1) is 57.2. The van der Waals surface area contributed by atoms with E-state index in [0.29, 0.717) is 0 Å². The van der Waals surface area contributed by atoms with Crippen LogP contribution in [0.1, 0.15) is 0 Å². The maximum atomic E-state index is 15.4. The summed E-state index contributed by atoms with van der Waals surface area (Å²) in [6, 6.07) is 128. The number of benzene rings is 14. The topological polar surface area (TPSA) is 50.5 Å². The van der Waals surface area contributed by atoms with Gasteiger partial charge in [-0.25, -0.2) is 0 Å². The SMILES string of the molecule is O=P(c1ccccc1)(c1ccc(-n2c3ccccc3c3ccccc32)cc1)c1ccc(-n2c3ccccc3c3ccccc32)cc1.O=P(c1ccccc1)(c1ccc(N(c2ccccc2)c2ccccc2)cc1)c1ccc(N(c2ccccc2)c2ccccc2)cc1. The van der Waals surface area contributed by atoms with Crippen molar-refractivity contribution < 1.29 is 9.13 Å². The molecule has 0 bridgehead atoms. The molecule has 8 heteroatoms. The van der Waals surface area contributed by atoms with Gasteiger partial charge in [0.1, 0.15) is 0 Å². The number of para-hydroxylation sites is 8. The Morgan fingerprint density at radius 3 is 0.620 bits per heavy atom. The van der Waals surface area contributed by atoms with Crippen molar-refractivity contribution in [3.8, 4) is 11.4 Å². The Morgan fingerprint density at radius 1 is 0.185 bits per heavy atom. The molecule has 0 saturated heterocycles. The Bertz CT molecular complexity index is 4820. The van der Waals surface area contributed by atoms with Gasteiger partial charge < -0.3 is 28.1 Å². The average Bonchev–Trinajstić information content (AvgIpc) is 1.49. The smallest absolute Gasteiger partial charge is 0.171 e. The zero-order valence-corrected chi connectivity index (χ0v) is 52.1. The molecule has 6 nitrogen and oxygen atoms in total. The number of fused-ring (bicyclic) bond motifs is 6. The maximum absolute atomic E-state index is 15.4. The number of hydrogen-bond acceptors (Lipinski definition) is 4. The first-order chi connectivity index (χ1) is 45.4. The van der Waals surface area contributed by atoms with Gasteiger partial charge in [-0.3, -0.25) is 0 Å². The highest BCUT2D eigenvalue weighted by Crippen LogP contribution is 2.46. The number of anilines is 6. The molecule has 0 N–H and O–H groups in total. The molecule has 0 amide bonds. The second kappa shape index (κ2) is 25.0. The van der Waals surface area contributed by atoms with Crippen molar-refractivity contribution >= 4 is 124 Å². The van der Waals surface area contributed by atoms with Crippen LogP contribution in [0.5, 0.6) is 0 Å². The Labute approximate surface area is 536 Å². The highest BCUT2D eigenvalue weighted by Gasteiger charge is 2.32.